The molecule has 22 heavy (non-hydrogen) atoms. The van der Waals surface area contributed by atoms with Gasteiger partial charge in [0.25, 0.3) is 0 Å². The summed E-state index contributed by atoms with van der Waals surface area (Å²) in [4.78, 5) is 11.9. The Labute approximate surface area is 132 Å². The van der Waals surface area contributed by atoms with Crippen LogP contribution in [0.5, 0.6) is 0 Å². The summed E-state index contributed by atoms with van der Waals surface area (Å²) in [5, 5.41) is 5.84. The summed E-state index contributed by atoms with van der Waals surface area (Å²) in [5.74, 6) is 0.115. The van der Waals surface area contributed by atoms with Crippen LogP contribution in [-0.2, 0) is 19.6 Å². The van der Waals surface area contributed by atoms with E-state index in [1.54, 1.807) is 0 Å². The molecule has 0 spiro atoms. The van der Waals surface area contributed by atoms with Gasteiger partial charge in [-0.05, 0) is 38.3 Å². The molecule has 2 aliphatic heterocycles. The maximum atomic E-state index is 11.9. The van der Waals surface area contributed by atoms with Gasteiger partial charge in [-0.15, -0.1) is 0 Å². The van der Waals surface area contributed by atoms with Gasteiger partial charge in [-0.3, -0.25) is 4.79 Å². The van der Waals surface area contributed by atoms with Crippen molar-refractivity contribution in [2.24, 2.45) is 11.8 Å². The third kappa shape index (κ3) is 5.49. The van der Waals surface area contributed by atoms with E-state index in [1.165, 1.54) is 0 Å². The highest BCUT2D eigenvalue weighted by Gasteiger charge is 2.28. The number of amides is 1. The van der Waals surface area contributed by atoms with Crippen LogP contribution < -0.4 is 15.4 Å². The lowest BCUT2D eigenvalue weighted by Crippen LogP contribution is -2.50. The molecular formula is C14H27N3O4S. The van der Waals surface area contributed by atoms with Crippen LogP contribution in [0.25, 0.3) is 0 Å². The van der Waals surface area contributed by atoms with Crippen molar-refractivity contribution < 1.29 is 17.9 Å². The number of hydrogen-bond acceptors (Lipinski definition) is 5. The quantitative estimate of drug-likeness (QED) is 0.554. The van der Waals surface area contributed by atoms with Crippen LogP contribution in [0.1, 0.15) is 26.2 Å². The predicted octanol–water partition coefficient (Wildman–Crippen LogP) is -0.553. The van der Waals surface area contributed by atoms with Gasteiger partial charge in [0, 0.05) is 25.6 Å². The number of sulfonamides is 1. The fraction of sp³-hybridized carbons (Fsp3) is 0.929. The van der Waals surface area contributed by atoms with Crippen LogP contribution >= 0.6 is 0 Å². The summed E-state index contributed by atoms with van der Waals surface area (Å²) in [6.07, 6.45) is 3.00. The molecule has 128 valence electrons. The minimum absolute atomic E-state index is 0.0238. The topological polar surface area (TPSA) is 96.5 Å². The average Bonchev–Trinajstić information content (AvgIpc) is 2.44. The number of rotatable bonds is 8. The molecule has 2 heterocycles. The first-order chi connectivity index (χ1) is 10.5. The summed E-state index contributed by atoms with van der Waals surface area (Å²) in [5.41, 5.74) is 0. The molecule has 0 radical (unpaired) electrons. The van der Waals surface area contributed by atoms with Crippen LogP contribution in [0, 0.1) is 11.8 Å². The highest BCUT2D eigenvalue weighted by molar-refractivity contribution is 7.89. The summed E-state index contributed by atoms with van der Waals surface area (Å²) in [6, 6.07) is 0. The minimum Gasteiger partial charge on any atom is -0.377 e. The molecule has 8 heteroatoms. The third-order valence-corrected chi connectivity index (χ3v) is 5.76. The van der Waals surface area contributed by atoms with E-state index < -0.39 is 10.0 Å². The van der Waals surface area contributed by atoms with E-state index in [2.05, 4.69) is 15.4 Å². The zero-order valence-electron chi connectivity index (χ0n) is 13.1. The molecule has 0 saturated carbocycles. The molecule has 0 aromatic carbocycles. The molecule has 2 rings (SSSR count). The Bertz CT molecular complexity index is 459. The van der Waals surface area contributed by atoms with Crippen molar-refractivity contribution in [3.8, 4) is 0 Å². The van der Waals surface area contributed by atoms with Gasteiger partial charge in [-0.25, -0.2) is 13.1 Å². The van der Waals surface area contributed by atoms with Crippen LogP contribution in [0.3, 0.4) is 0 Å². The predicted molar refractivity (Wildman–Crippen MR) is 83.9 cm³/mol. The molecule has 0 bridgehead atoms. The monoisotopic (exact) mass is 333 g/mol. The van der Waals surface area contributed by atoms with E-state index in [4.69, 9.17) is 4.74 Å². The fourth-order valence-electron chi connectivity index (χ4n) is 2.61. The summed E-state index contributed by atoms with van der Waals surface area (Å²) < 4.78 is 31.8. The van der Waals surface area contributed by atoms with Crippen LogP contribution in [-0.4, -0.2) is 59.0 Å². The molecule has 0 aromatic rings. The molecule has 2 aliphatic rings. The fourth-order valence-corrected chi connectivity index (χ4v) is 3.56. The number of carbonyl (C=O) groups is 1. The molecule has 0 aliphatic carbocycles. The number of nitrogens with one attached hydrogen (secondary N) is 3. The minimum atomic E-state index is -3.37. The summed E-state index contributed by atoms with van der Waals surface area (Å²) in [7, 11) is -3.37. The lowest BCUT2D eigenvalue weighted by molar-refractivity contribution is -0.126. The molecular weight excluding hydrogens is 306 g/mol. The van der Waals surface area contributed by atoms with Crippen molar-refractivity contribution >= 4 is 15.9 Å². The molecule has 0 aromatic heterocycles. The van der Waals surface area contributed by atoms with E-state index in [0.717, 1.165) is 32.4 Å². The molecule has 2 saturated heterocycles. The van der Waals surface area contributed by atoms with Gasteiger partial charge in [-0.2, -0.15) is 0 Å². The van der Waals surface area contributed by atoms with E-state index in [9.17, 15) is 13.2 Å². The molecule has 2 unspecified atom stereocenters. The Morgan fingerprint density at radius 1 is 1.36 bits per heavy atom. The van der Waals surface area contributed by atoms with Gasteiger partial charge >= 0.3 is 0 Å². The zero-order valence-corrected chi connectivity index (χ0v) is 14.0. The zero-order chi connectivity index (χ0) is 16.0. The van der Waals surface area contributed by atoms with Crippen molar-refractivity contribution in [3.05, 3.63) is 0 Å². The van der Waals surface area contributed by atoms with E-state index in [1.807, 2.05) is 6.92 Å². The summed E-state index contributed by atoms with van der Waals surface area (Å²) in [6.45, 7) is 4.76. The van der Waals surface area contributed by atoms with Crippen molar-refractivity contribution in [1.29, 1.82) is 0 Å². The third-order valence-electron chi connectivity index (χ3n) is 4.41. The first kappa shape index (κ1) is 17.7. The van der Waals surface area contributed by atoms with Gasteiger partial charge in [0.1, 0.15) is 0 Å². The maximum absolute atomic E-state index is 11.9. The SMILES string of the molecule is CC(C(=O)NCCS(=O)(=O)NCC1CCCCO1)C1CNC1. The molecule has 7 nitrogen and oxygen atoms in total. The van der Waals surface area contributed by atoms with Gasteiger partial charge in [0.05, 0.1) is 11.9 Å². The molecule has 1 amide bonds. The van der Waals surface area contributed by atoms with Crippen LogP contribution in [0.4, 0.5) is 0 Å². The summed E-state index contributed by atoms with van der Waals surface area (Å²) >= 11 is 0. The van der Waals surface area contributed by atoms with Gasteiger partial charge in [0.15, 0.2) is 0 Å². The smallest absolute Gasteiger partial charge is 0.223 e. The lowest BCUT2D eigenvalue weighted by atomic mass is 9.88. The Morgan fingerprint density at radius 3 is 2.73 bits per heavy atom. The second-order valence-corrected chi connectivity index (χ2v) is 8.08. The lowest BCUT2D eigenvalue weighted by Gasteiger charge is -2.31. The highest BCUT2D eigenvalue weighted by Crippen LogP contribution is 2.15. The van der Waals surface area contributed by atoms with Gasteiger partial charge in [-0.1, -0.05) is 6.92 Å². The van der Waals surface area contributed by atoms with E-state index in [-0.39, 0.29) is 30.2 Å². The Balaban J connectivity index is 1.62. The number of carbonyl (C=O) groups excluding carboxylic acids is 1. The van der Waals surface area contributed by atoms with Crippen LogP contribution in [0.2, 0.25) is 0 Å². The largest absolute Gasteiger partial charge is 0.377 e. The second kappa shape index (κ2) is 8.24. The van der Waals surface area contributed by atoms with Crippen molar-refractivity contribution in [1.82, 2.24) is 15.4 Å². The number of hydrogen-bond donors (Lipinski definition) is 3. The van der Waals surface area contributed by atoms with Gasteiger partial charge in [0.2, 0.25) is 15.9 Å². The standard InChI is InChI=1S/C14H27N3O4S/c1-11(12-8-15-9-12)14(18)16-5-7-22(19,20)17-10-13-4-2-3-6-21-13/h11-13,15,17H,2-10H2,1H3,(H,16,18). The average molecular weight is 333 g/mol. The molecule has 2 atom stereocenters. The Hall–Kier alpha value is -0.700. The van der Waals surface area contributed by atoms with E-state index in [0.29, 0.717) is 19.1 Å². The Kier molecular flexibility index (Phi) is 6.61. The van der Waals surface area contributed by atoms with Crippen molar-refractivity contribution in [2.45, 2.75) is 32.3 Å². The van der Waals surface area contributed by atoms with Gasteiger partial charge < -0.3 is 15.4 Å². The molecule has 2 fully saturated rings. The normalized spacial score (nSPS) is 24.5. The Morgan fingerprint density at radius 2 is 2.14 bits per heavy atom. The van der Waals surface area contributed by atoms with Crippen molar-refractivity contribution in [3.63, 3.8) is 0 Å². The van der Waals surface area contributed by atoms with Crippen LogP contribution in [0.15, 0.2) is 0 Å². The molecule has 3 N–H and O–H groups in total. The first-order valence-electron chi connectivity index (χ1n) is 8.05. The highest BCUT2D eigenvalue weighted by atomic mass is 32.2. The second-order valence-electron chi connectivity index (χ2n) is 6.15. The maximum Gasteiger partial charge on any atom is 0.223 e. The first-order valence-corrected chi connectivity index (χ1v) is 9.70. The van der Waals surface area contributed by atoms with Crippen molar-refractivity contribution in [2.75, 3.05) is 38.5 Å². The number of ether oxygens (including phenoxy) is 1. The van der Waals surface area contributed by atoms with E-state index >= 15 is 0 Å².